The van der Waals surface area contributed by atoms with Gasteiger partial charge in [0.2, 0.25) is 11.8 Å². The van der Waals surface area contributed by atoms with Crippen LogP contribution in [0.4, 0.5) is 0 Å². The Bertz CT molecular complexity index is 702. The molecule has 1 saturated carbocycles. The maximum atomic E-state index is 13.4. The molecular weight excluding hydrogens is 342 g/mol. The SMILES string of the molecule is COc1ccccc1C1CNCCN1C(=O)C1CC(=O)N(C2CCCC2)C1. The number of likely N-dealkylation sites (tertiary alicyclic amines) is 1. The Hall–Kier alpha value is -2.08. The molecule has 27 heavy (non-hydrogen) atoms. The Balaban J connectivity index is 1.52. The van der Waals surface area contributed by atoms with Crippen molar-refractivity contribution < 1.29 is 14.3 Å². The van der Waals surface area contributed by atoms with Crippen LogP contribution in [0.5, 0.6) is 5.75 Å². The molecular formula is C21H29N3O3. The number of piperazine rings is 1. The number of benzene rings is 1. The van der Waals surface area contributed by atoms with E-state index in [1.807, 2.05) is 34.1 Å². The third-order valence-corrected chi connectivity index (χ3v) is 6.30. The van der Waals surface area contributed by atoms with Crippen LogP contribution in [0.25, 0.3) is 0 Å². The molecule has 2 heterocycles. The van der Waals surface area contributed by atoms with E-state index in [-0.39, 0.29) is 23.8 Å². The maximum absolute atomic E-state index is 13.4. The Labute approximate surface area is 160 Å². The third kappa shape index (κ3) is 3.55. The lowest BCUT2D eigenvalue weighted by molar-refractivity contribution is -0.139. The van der Waals surface area contributed by atoms with E-state index in [2.05, 4.69) is 5.32 Å². The molecule has 146 valence electrons. The van der Waals surface area contributed by atoms with E-state index in [0.717, 1.165) is 30.7 Å². The number of amides is 2. The number of methoxy groups -OCH3 is 1. The van der Waals surface area contributed by atoms with Crippen LogP contribution in [0, 0.1) is 5.92 Å². The van der Waals surface area contributed by atoms with E-state index >= 15 is 0 Å². The normalized spacial score (nSPS) is 26.6. The van der Waals surface area contributed by atoms with Gasteiger partial charge in [0, 0.05) is 44.2 Å². The van der Waals surface area contributed by atoms with E-state index in [0.29, 0.717) is 32.1 Å². The number of hydrogen-bond donors (Lipinski definition) is 1. The molecule has 2 unspecified atom stereocenters. The summed E-state index contributed by atoms with van der Waals surface area (Å²) in [6.07, 6.45) is 4.92. The third-order valence-electron chi connectivity index (χ3n) is 6.30. The molecule has 6 heteroatoms. The van der Waals surface area contributed by atoms with Gasteiger partial charge in [0.05, 0.1) is 19.1 Å². The molecule has 3 fully saturated rings. The molecule has 2 amide bonds. The number of rotatable bonds is 4. The highest BCUT2D eigenvalue weighted by atomic mass is 16.5. The molecule has 1 aromatic carbocycles. The average Bonchev–Trinajstić information content (AvgIpc) is 3.37. The summed E-state index contributed by atoms with van der Waals surface area (Å²) in [5, 5.41) is 3.40. The Morgan fingerprint density at radius 2 is 2.00 bits per heavy atom. The Morgan fingerprint density at radius 1 is 1.22 bits per heavy atom. The predicted molar refractivity (Wildman–Crippen MR) is 102 cm³/mol. The van der Waals surface area contributed by atoms with Gasteiger partial charge in [0.25, 0.3) is 0 Å². The summed E-state index contributed by atoms with van der Waals surface area (Å²) in [6.45, 7) is 2.74. The fourth-order valence-corrected chi connectivity index (χ4v) is 4.89. The van der Waals surface area contributed by atoms with Gasteiger partial charge in [-0.3, -0.25) is 9.59 Å². The van der Waals surface area contributed by atoms with Crippen molar-refractivity contribution in [1.29, 1.82) is 0 Å². The first-order valence-electron chi connectivity index (χ1n) is 10.1. The number of hydrogen-bond acceptors (Lipinski definition) is 4. The lowest BCUT2D eigenvalue weighted by atomic mass is 9.99. The molecule has 6 nitrogen and oxygen atoms in total. The molecule has 4 rings (SSSR count). The van der Waals surface area contributed by atoms with Gasteiger partial charge in [-0.05, 0) is 18.9 Å². The van der Waals surface area contributed by atoms with Crippen molar-refractivity contribution in [2.45, 2.75) is 44.2 Å². The van der Waals surface area contributed by atoms with E-state index in [1.54, 1.807) is 7.11 Å². The highest BCUT2D eigenvalue weighted by molar-refractivity contribution is 5.89. The molecule has 0 radical (unpaired) electrons. The number of carbonyl (C=O) groups excluding carboxylic acids is 2. The number of nitrogens with zero attached hydrogens (tertiary/aromatic N) is 2. The maximum Gasteiger partial charge on any atom is 0.228 e. The summed E-state index contributed by atoms with van der Waals surface area (Å²) in [5.41, 5.74) is 1.03. The van der Waals surface area contributed by atoms with Crippen LogP contribution < -0.4 is 10.1 Å². The molecule has 0 bridgehead atoms. The van der Waals surface area contributed by atoms with Gasteiger partial charge in [-0.15, -0.1) is 0 Å². The zero-order valence-corrected chi connectivity index (χ0v) is 16.0. The lowest BCUT2D eigenvalue weighted by Crippen LogP contribution is -2.51. The van der Waals surface area contributed by atoms with Crippen molar-refractivity contribution in [2.75, 3.05) is 33.3 Å². The van der Waals surface area contributed by atoms with Crippen molar-refractivity contribution >= 4 is 11.8 Å². The quantitative estimate of drug-likeness (QED) is 0.879. The second-order valence-corrected chi connectivity index (χ2v) is 7.88. The summed E-state index contributed by atoms with van der Waals surface area (Å²) in [7, 11) is 1.66. The average molecular weight is 371 g/mol. The van der Waals surface area contributed by atoms with Gasteiger partial charge < -0.3 is 19.9 Å². The largest absolute Gasteiger partial charge is 0.496 e. The van der Waals surface area contributed by atoms with Crippen molar-refractivity contribution in [1.82, 2.24) is 15.1 Å². The Morgan fingerprint density at radius 3 is 2.78 bits per heavy atom. The molecule has 2 aliphatic heterocycles. The number of para-hydroxylation sites is 1. The molecule has 1 aromatic rings. The van der Waals surface area contributed by atoms with Crippen LogP contribution in [-0.2, 0) is 9.59 Å². The van der Waals surface area contributed by atoms with E-state index in [1.165, 1.54) is 12.8 Å². The molecule has 2 atom stereocenters. The van der Waals surface area contributed by atoms with Crippen LogP contribution in [0.2, 0.25) is 0 Å². The smallest absolute Gasteiger partial charge is 0.228 e. The van der Waals surface area contributed by atoms with E-state index < -0.39 is 0 Å². The molecule has 0 spiro atoms. The first-order chi connectivity index (χ1) is 13.2. The molecule has 2 saturated heterocycles. The number of nitrogens with one attached hydrogen (secondary N) is 1. The standard InChI is InChI=1S/C21H29N3O3/c1-27-19-9-5-4-8-17(19)18-13-22-10-11-23(18)21(26)15-12-20(25)24(14-15)16-6-2-3-7-16/h4-5,8-9,15-16,18,22H,2-3,6-7,10-14H2,1H3. The highest BCUT2D eigenvalue weighted by Gasteiger charge is 2.42. The van der Waals surface area contributed by atoms with Crippen molar-refractivity contribution in [3.8, 4) is 5.75 Å². The fraction of sp³-hybridized carbons (Fsp3) is 0.619. The van der Waals surface area contributed by atoms with Crippen molar-refractivity contribution in [2.24, 2.45) is 5.92 Å². The fourth-order valence-electron chi connectivity index (χ4n) is 4.89. The topological polar surface area (TPSA) is 61.9 Å². The van der Waals surface area contributed by atoms with Gasteiger partial charge in [0.15, 0.2) is 0 Å². The summed E-state index contributed by atoms with van der Waals surface area (Å²) in [6, 6.07) is 8.19. The van der Waals surface area contributed by atoms with Crippen LogP contribution >= 0.6 is 0 Å². The summed E-state index contributed by atoms with van der Waals surface area (Å²) >= 11 is 0. The van der Waals surface area contributed by atoms with Gasteiger partial charge in [0.1, 0.15) is 5.75 Å². The van der Waals surface area contributed by atoms with Crippen LogP contribution in [0.15, 0.2) is 24.3 Å². The second kappa shape index (κ2) is 7.89. The molecule has 0 aromatic heterocycles. The Kier molecular flexibility index (Phi) is 5.34. The number of ether oxygens (including phenoxy) is 1. The zero-order valence-electron chi connectivity index (χ0n) is 16.0. The van der Waals surface area contributed by atoms with E-state index in [4.69, 9.17) is 4.74 Å². The van der Waals surface area contributed by atoms with Gasteiger partial charge in [-0.2, -0.15) is 0 Å². The monoisotopic (exact) mass is 371 g/mol. The summed E-state index contributed by atoms with van der Waals surface area (Å²) < 4.78 is 5.53. The minimum absolute atomic E-state index is 0.0574. The first-order valence-corrected chi connectivity index (χ1v) is 10.1. The second-order valence-electron chi connectivity index (χ2n) is 7.88. The summed E-state index contributed by atoms with van der Waals surface area (Å²) in [5.74, 6) is 0.859. The first kappa shape index (κ1) is 18.3. The van der Waals surface area contributed by atoms with Crippen LogP contribution in [0.3, 0.4) is 0 Å². The van der Waals surface area contributed by atoms with Crippen molar-refractivity contribution in [3.63, 3.8) is 0 Å². The zero-order chi connectivity index (χ0) is 18.8. The summed E-state index contributed by atoms with van der Waals surface area (Å²) in [4.78, 5) is 29.8. The minimum Gasteiger partial charge on any atom is -0.496 e. The van der Waals surface area contributed by atoms with Crippen LogP contribution in [-0.4, -0.2) is 60.9 Å². The molecule has 1 aliphatic carbocycles. The predicted octanol–water partition coefficient (Wildman–Crippen LogP) is 1.96. The molecule has 1 N–H and O–H groups in total. The van der Waals surface area contributed by atoms with Crippen LogP contribution in [0.1, 0.15) is 43.7 Å². The van der Waals surface area contributed by atoms with Crippen molar-refractivity contribution in [3.05, 3.63) is 29.8 Å². The number of carbonyl (C=O) groups is 2. The van der Waals surface area contributed by atoms with Gasteiger partial charge in [-0.25, -0.2) is 0 Å². The highest BCUT2D eigenvalue weighted by Crippen LogP contribution is 2.34. The van der Waals surface area contributed by atoms with E-state index in [9.17, 15) is 9.59 Å². The molecule has 3 aliphatic rings. The lowest BCUT2D eigenvalue weighted by Gasteiger charge is -2.38. The van der Waals surface area contributed by atoms with Gasteiger partial charge >= 0.3 is 0 Å². The minimum atomic E-state index is -0.214. The van der Waals surface area contributed by atoms with Gasteiger partial charge in [-0.1, -0.05) is 31.0 Å².